The van der Waals surface area contributed by atoms with E-state index in [2.05, 4.69) is 5.10 Å². The number of benzene rings is 1. The van der Waals surface area contributed by atoms with Gasteiger partial charge in [-0.2, -0.15) is 5.10 Å². The third kappa shape index (κ3) is 3.32. The summed E-state index contributed by atoms with van der Waals surface area (Å²) in [5, 5.41) is 4.26. The van der Waals surface area contributed by atoms with Crippen molar-refractivity contribution in [2.24, 2.45) is 5.92 Å². The van der Waals surface area contributed by atoms with E-state index in [9.17, 15) is 4.79 Å². The normalized spacial score (nSPS) is 16.1. The third-order valence-electron chi connectivity index (χ3n) is 4.20. The van der Waals surface area contributed by atoms with Crippen LogP contribution in [0.1, 0.15) is 28.8 Å². The summed E-state index contributed by atoms with van der Waals surface area (Å²) >= 11 is 0. The first-order chi connectivity index (χ1) is 10.2. The van der Waals surface area contributed by atoms with E-state index < -0.39 is 0 Å². The molecule has 0 N–H and O–H groups in total. The van der Waals surface area contributed by atoms with Crippen LogP contribution in [0.3, 0.4) is 0 Å². The molecule has 1 aliphatic heterocycles. The van der Waals surface area contributed by atoms with Crippen molar-refractivity contribution >= 4 is 5.91 Å². The number of hydrogen-bond acceptors (Lipinski definition) is 2. The van der Waals surface area contributed by atoms with Gasteiger partial charge in [0.05, 0.1) is 0 Å². The molecule has 1 saturated heterocycles. The zero-order valence-corrected chi connectivity index (χ0v) is 12.4. The molecule has 1 aromatic heterocycles. The minimum Gasteiger partial charge on any atom is -0.339 e. The van der Waals surface area contributed by atoms with Crippen LogP contribution >= 0.6 is 0 Å². The summed E-state index contributed by atoms with van der Waals surface area (Å²) in [6.45, 7) is 4.69. The molecule has 0 unspecified atom stereocenters. The first kappa shape index (κ1) is 13.9. The first-order valence-corrected chi connectivity index (χ1v) is 7.56. The van der Waals surface area contributed by atoms with E-state index in [0.717, 1.165) is 38.0 Å². The second kappa shape index (κ2) is 6.12. The number of aromatic nitrogens is 2. The average molecular weight is 283 g/mol. The van der Waals surface area contributed by atoms with Gasteiger partial charge < -0.3 is 4.90 Å². The van der Waals surface area contributed by atoms with Crippen LogP contribution in [0.25, 0.3) is 0 Å². The lowest BCUT2D eigenvalue weighted by atomic mass is 9.96. The topological polar surface area (TPSA) is 38.1 Å². The van der Waals surface area contributed by atoms with Crippen molar-refractivity contribution < 1.29 is 4.79 Å². The van der Waals surface area contributed by atoms with Gasteiger partial charge in [-0.05, 0) is 43.9 Å². The lowest BCUT2D eigenvalue weighted by molar-refractivity contribution is 0.0681. The van der Waals surface area contributed by atoms with E-state index >= 15 is 0 Å². The van der Waals surface area contributed by atoms with E-state index in [1.807, 2.05) is 59.2 Å². The van der Waals surface area contributed by atoms with Gasteiger partial charge in [-0.25, -0.2) is 0 Å². The lowest BCUT2D eigenvalue weighted by Gasteiger charge is -2.32. The summed E-state index contributed by atoms with van der Waals surface area (Å²) in [6, 6.07) is 9.80. The third-order valence-corrected chi connectivity index (χ3v) is 4.20. The SMILES string of the molecule is Cc1ccc(C(=O)N2CCC(Cn3cccn3)CC2)cc1. The average Bonchev–Trinajstić information content (AvgIpc) is 3.01. The van der Waals surface area contributed by atoms with Gasteiger partial charge in [0.2, 0.25) is 0 Å². The summed E-state index contributed by atoms with van der Waals surface area (Å²) in [4.78, 5) is 14.4. The number of likely N-dealkylation sites (tertiary alicyclic amines) is 1. The van der Waals surface area contributed by atoms with Crippen molar-refractivity contribution in [3.05, 3.63) is 53.9 Å². The number of nitrogens with zero attached hydrogens (tertiary/aromatic N) is 3. The Bertz CT molecular complexity index is 581. The Morgan fingerprint density at radius 1 is 1.24 bits per heavy atom. The quantitative estimate of drug-likeness (QED) is 0.868. The van der Waals surface area contributed by atoms with Crippen LogP contribution in [0.4, 0.5) is 0 Å². The molecule has 2 aromatic rings. The van der Waals surface area contributed by atoms with E-state index in [1.54, 1.807) is 0 Å². The predicted octanol–water partition coefficient (Wildman–Crippen LogP) is 2.74. The van der Waals surface area contributed by atoms with Crippen LogP contribution in [0.5, 0.6) is 0 Å². The second-order valence-electron chi connectivity index (χ2n) is 5.83. The highest BCUT2D eigenvalue weighted by molar-refractivity contribution is 5.94. The van der Waals surface area contributed by atoms with Crippen LogP contribution in [0.2, 0.25) is 0 Å². The summed E-state index contributed by atoms with van der Waals surface area (Å²) < 4.78 is 1.99. The fourth-order valence-electron chi connectivity index (χ4n) is 2.87. The van der Waals surface area contributed by atoms with Gasteiger partial charge in [-0.15, -0.1) is 0 Å². The Morgan fingerprint density at radius 3 is 2.57 bits per heavy atom. The maximum absolute atomic E-state index is 12.4. The smallest absolute Gasteiger partial charge is 0.253 e. The molecular formula is C17H21N3O. The van der Waals surface area contributed by atoms with Crippen LogP contribution in [0, 0.1) is 12.8 Å². The summed E-state index contributed by atoms with van der Waals surface area (Å²) in [6.07, 6.45) is 5.93. The van der Waals surface area contributed by atoms with Crippen LogP contribution in [-0.4, -0.2) is 33.7 Å². The molecule has 1 amide bonds. The lowest BCUT2D eigenvalue weighted by Crippen LogP contribution is -2.39. The fraction of sp³-hybridized carbons (Fsp3) is 0.412. The van der Waals surface area contributed by atoms with E-state index in [1.165, 1.54) is 5.56 Å². The maximum atomic E-state index is 12.4. The van der Waals surface area contributed by atoms with E-state index in [4.69, 9.17) is 0 Å². The van der Waals surface area contributed by atoms with Crippen molar-refractivity contribution in [1.82, 2.24) is 14.7 Å². The van der Waals surface area contributed by atoms with Crippen molar-refractivity contribution in [1.29, 1.82) is 0 Å². The summed E-state index contributed by atoms with van der Waals surface area (Å²) in [7, 11) is 0. The predicted molar refractivity (Wildman–Crippen MR) is 82.0 cm³/mol. The van der Waals surface area contributed by atoms with Gasteiger partial charge in [-0.3, -0.25) is 9.48 Å². The molecule has 0 bridgehead atoms. The molecule has 3 rings (SSSR count). The number of piperidine rings is 1. The summed E-state index contributed by atoms with van der Waals surface area (Å²) in [5.74, 6) is 0.777. The number of aryl methyl sites for hydroxylation is 1. The molecule has 4 nitrogen and oxygen atoms in total. The van der Waals surface area contributed by atoms with Gasteiger partial charge in [0, 0.05) is 37.6 Å². The minimum absolute atomic E-state index is 0.160. The molecule has 4 heteroatoms. The summed E-state index contributed by atoms with van der Waals surface area (Å²) in [5.41, 5.74) is 1.98. The molecule has 0 spiro atoms. The van der Waals surface area contributed by atoms with Crippen LogP contribution in [-0.2, 0) is 6.54 Å². The van der Waals surface area contributed by atoms with E-state index in [0.29, 0.717) is 5.92 Å². The highest BCUT2D eigenvalue weighted by Gasteiger charge is 2.23. The van der Waals surface area contributed by atoms with E-state index in [-0.39, 0.29) is 5.91 Å². The molecule has 110 valence electrons. The maximum Gasteiger partial charge on any atom is 0.253 e. The Kier molecular flexibility index (Phi) is 4.04. The minimum atomic E-state index is 0.160. The first-order valence-electron chi connectivity index (χ1n) is 7.56. The second-order valence-corrected chi connectivity index (χ2v) is 5.83. The Labute approximate surface area is 125 Å². The number of carbonyl (C=O) groups is 1. The molecular weight excluding hydrogens is 262 g/mol. The molecule has 1 aromatic carbocycles. The van der Waals surface area contributed by atoms with Crippen molar-refractivity contribution in [3.8, 4) is 0 Å². The number of carbonyl (C=O) groups excluding carboxylic acids is 1. The zero-order chi connectivity index (χ0) is 14.7. The highest BCUT2D eigenvalue weighted by Crippen LogP contribution is 2.20. The zero-order valence-electron chi connectivity index (χ0n) is 12.4. The molecule has 2 heterocycles. The molecule has 0 atom stereocenters. The van der Waals surface area contributed by atoms with Gasteiger partial charge in [-0.1, -0.05) is 17.7 Å². The number of amides is 1. The molecule has 0 radical (unpaired) electrons. The van der Waals surface area contributed by atoms with Crippen molar-refractivity contribution in [3.63, 3.8) is 0 Å². The van der Waals surface area contributed by atoms with Gasteiger partial charge in [0.25, 0.3) is 5.91 Å². The van der Waals surface area contributed by atoms with Crippen LogP contribution < -0.4 is 0 Å². The standard InChI is InChI=1S/C17H21N3O/c1-14-3-5-16(6-4-14)17(21)19-11-7-15(8-12-19)13-20-10-2-9-18-20/h2-6,9-10,15H,7-8,11-13H2,1H3. The van der Waals surface area contributed by atoms with Gasteiger partial charge in [0.1, 0.15) is 0 Å². The fourth-order valence-corrected chi connectivity index (χ4v) is 2.87. The molecule has 0 saturated carbocycles. The molecule has 1 fully saturated rings. The van der Waals surface area contributed by atoms with Gasteiger partial charge >= 0.3 is 0 Å². The molecule has 0 aliphatic carbocycles. The van der Waals surface area contributed by atoms with Crippen molar-refractivity contribution in [2.75, 3.05) is 13.1 Å². The highest BCUT2D eigenvalue weighted by atomic mass is 16.2. The molecule has 1 aliphatic rings. The van der Waals surface area contributed by atoms with Crippen molar-refractivity contribution in [2.45, 2.75) is 26.3 Å². The van der Waals surface area contributed by atoms with Crippen LogP contribution in [0.15, 0.2) is 42.7 Å². The Morgan fingerprint density at radius 2 is 1.95 bits per heavy atom. The molecule has 21 heavy (non-hydrogen) atoms. The van der Waals surface area contributed by atoms with Gasteiger partial charge in [0.15, 0.2) is 0 Å². The Balaban J connectivity index is 1.55. The number of rotatable bonds is 3. The monoisotopic (exact) mass is 283 g/mol. The Hall–Kier alpha value is -2.10. The number of hydrogen-bond donors (Lipinski definition) is 0. The largest absolute Gasteiger partial charge is 0.339 e.